The van der Waals surface area contributed by atoms with Gasteiger partial charge in [0.1, 0.15) is 0 Å². The number of rotatable bonds is 0. The van der Waals surface area contributed by atoms with Gasteiger partial charge < -0.3 is 0 Å². The van der Waals surface area contributed by atoms with Crippen LogP contribution in [0.15, 0.2) is 0 Å². The zero-order valence-corrected chi connectivity index (χ0v) is 39.6. The first-order valence-corrected chi connectivity index (χ1v) is 29.2. The van der Waals surface area contributed by atoms with E-state index in [2.05, 4.69) is 0 Å². The molecule has 27 nitrogen and oxygen atoms in total. The minimum absolute atomic E-state index is 0. The van der Waals surface area contributed by atoms with E-state index in [1.54, 1.807) is 0 Å². The maximum Gasteiger partial charge on any atom is 0 e. The molecule has 0 heterocycles. The van der Waals surface area contributed by atoms with E-state index in [1.807, 2.05) is 0 Å². The Kier molecular flexibility index (Phi) is 132. The summed E-state index contributed by atoms with van der Waals surface area (Å²) in [6.07, 6.45) is 0. The fraction of sp³-hybridized carbons (Fsp3) is 0. The van der Waals surface area contributed by atoms with Crippen molar-refractivity contribution in [3.8, 4) is 0 Å². The summed E-state index contributed by atoms with van der Waals surface area (Å²) in [5.41, 5.74) is 0. The molecule has 0 saturated heterocycles. The Morgan fingerprint density at radius 1 is 0.211 bits per heavy atom. The fourth-order valence-electron chi connectivity index (χ4n) is 0. The third kappa shape index (κ3) is 3950. The summed E-state index contributed by atoms with van der Waals surface area (Å²) in [7, 11) is 0. The topological polar surface area (TPSA) is 515 Å². The number of hydrogen-bond acceptors (Lipinski definition) is 27. The van der Waals surface area contributed by atoms with Crippen LogP contribution in [0, 0.1) is 0 Å². The maximum atomic E-state index is 8.60. The zero-order valence-electron chi connectivity index (χ0n) is 15.8. The first kappa shape index (κ1) is 73.4. The summed E-state index contributed by atoms with van der Waals surface area (Å²) >= 11 is -37.8. The summed E-state index contributed by atoms with van der Waals surface area (Å²) in [6.45, 7) is 0. The van der Waals surface area contributed by atoms with Gasteiger partial charge in [-0.3, -0.25) is 0 Å². The first-order valence-electron chi connectivity index (χ1n) is 4.93. The second-order valence-electron chi connectivity index (χ2n) is 2.01. The minimum atomic E-state index is -4.20. The second-order valence-corrected chi connectivity index (χ2v) is 11.9. The van der Waals surface area contributed by atoms with E-state index in [9.17, 15) is 0 Å². The summed E-state index contributed by atoms with van der Waals surface area (Å²) < 4.78 is 232. The van der Waals surface area contributed by atoms with Crippen molar-refractivity contribution in [2.24, 2.45) is 0 Å². The second kappa shape index (κ2) is 68.2. The Hall–Kier alpha value is 3.91. The summed E-state index contributed by atoms with van der Waals surface area (Å²) in [5, 5.41) is 0. The molecule has 0 aliphatic heterocycles. The van der Waals surface area contributed by atoms with Crippen LogP contribution in [-0.2, 0) is 266 Å². The van der Waals surface area contributed by atoms with Crippen LogP contribution < -0.4 is 32.5 Å². The molecule has 0 aliphatic rings. The molecule has 0 aliphatic carbocycles. The average molecular weight is 1510 g/mol. The molecule has 0 unspecified atom stereocenters. The molecule has 0 amide bonds. The molecule has 1 radical (unpaired) electrons. The number of hydrogen-bond donors (Lipinski definition) is 0. The summed E-state index contributed by atoms with van der Waals surface area (Å²) in [6, 6.07) is 0. The average Bonchev–Trinajstić information content (AvgIpc) is 2.39. The van der Waals surface area contributed by atoms with Crippen LogP contribution in [0.2, 0.25) is 0 Å². The SMILES string of the molecule is [Fe+3].[O]=[Nb](=[O])[O-].[O]=[Nb](=[O])[O-].[O]=[Nb](=[O])[O-].[O]=[Nb](=[O])[O-].[O]=[Nb](=[O])[O-].[O]=[Nb](=[O])[O-].[O]=[Nb](=[O])[O-].[O]=[Nb](=[O])[O-].[O]=[Nb](=[O])[O-].[W]. The van der Waals surface area contributed by atoms with Crippen LogP contribution in [0.25, 0.3) is 0 Å². The molecule has 0 aromatic heterocycles. The molecular formula is FeNb9O27W-6. The van der Waals surface area contributed by atoms with Gasteiger partial charge in [0, 0.05) is 21.1 Å². The van der Waals surface area contributed by atoms with Gasteiger partial charge in [-0.1, -0.05) is 0 Å². The largest absolute Gasteiger partial charge is 0 e. The normalized spacial score (nSPS) is 5.92. The molecule has 38 heteroatoms. The van der Waals surface area contributed by atoms with Gasteiger partial charge in [0.15, 0.2) is 0 Å². The van der Waals surface area contributed by atoms with Gasteiger partial charge in [0.05, 0.1) is 0 Å². The molecule has 0 spiro atoms. The standard InChI is InChI=1S/Fe.9Nb.27O.W/q+3;;;;;;;;;;;;;;;;;;;;;;;;;;;;9*-1;. The van der Waals surface area contributed by atoms with E-state index in [0.717, 1.165) is 0 Å². The van der Waals surface area contributed by atoms with Gasteiger partial charge in [0.25, 0.3) is 0 Å². The van der Waals surface area contributed by atoms with Crippen molar-refractivity contribution in [1.82, 2.24) is 0 Å². The molecule has 0 saturated carbocycles. The van der Waals surface area contributed by atoms with Gasteiger partial charge in [-0.2, -0.15) is 0 Å². The molecule has 0 fully saturated rings. The van der Waals surface area contributed by atoms with Crippen LogP contribution in [0.4, 0.5) is 0 Å². The van der Waals surface area contributed by atoms with Crippen molar-refractivity contribution in [2.75, 3.05) is 0 Å². The third-order valence-corrected chi connectivity index (χ3v) is 0. The third-order valence-electron chi connectivity index (χ3n) is 0. The van der Waals surface area contributed by atoms with Gasteiger partial charge in [-0.25, -0.2) is 0 Å². The Morgan fingerprint density at radius 3 is 0.211 bits per heavy atom. The molecule has 0 rings (SSSR count). The van der Waals surface area contributed by atoms with E-state index >= 15 is 0 Å². The zero-order chi connectivity index (χ0) is 32.2. The smallest absolute Gasteiger partial charge is 0 e. The van der Waals surface area contributed by atoms with E-state index in [-0.39, 0.29) is 38.1 Å². The van der Waals surface area contributed by atoms with Crippen LogP contribution in [-0.4, -0.2) is 0 Å². The Bertz CT molecular complexity index is 764. The molecule has 0 aromatic carbocycles. The van der Waals surface area contributed by atoms with Crippen molar-refractivity contribution in [3.05, 3.63) is 0 Å². The van der Waals surface area contributed by atoms with Crippen molar-refractivity contribution in [1.29, 1.82) is 0 Å². The van der Waals surface area contributed by atoms with E-state index in [0.29, 0.717) is 0 Å². The molecule has 38 heavy (non-hydrogen) atoms. The van der Waals surface area contributed by atoms with Crippen LogP contribution in [0.3, 0.4) is 0 Å². The molecule has 227 valence electrons. The molecule has 0 N–H and O–H groups in total. The predicted octanol–water partition coefficient (Wildman–Crippen LogP) is -12.9. The Balaban J connectivity index is -0.0000000238. The van der Waals surface area contributed by atoms with E-state index in [1.165, 1.54) is 0 Å². The predicted molar refractivity (Wildman–Crippen MR) is 12.4 cm³/mol. The van der Waals surface area contributed by atoms with E-state index < -0.39 is 169 Å². The molecule has 0 aromatic rings. The van der Waals surface area contributed by atoms with Crippen molar-refractivity contribution in [3.63, 3.8) is 0 Å². The first-order chi connectivity index (χ1) is 15.6. The monoisotopic (exact) mass is 1510 g/mol. The summed E-state index contributed by atoms with van der Waals surface area (Å²) in [5.74, 6) is 0. The van der Waals surface area contributed by atoms with E-state index in [4.69, 9.17) is 91.0 Å². The van der Waals surface area contributed by atoms with Crippen LogP contribution >= 0.6 is 0 Å². The quantitative estimate of drug-likeness (QED) is 0.203. The van der Waals surface area contributed by atoms with Crippen LogP contribution in [0.5, 0.6) is 0 Å². The van der Waals surface area contributed by atoms with Crippen molar-refractivity contribution in [2.45, 2.75) is 0 Å². The van der Waals surface area contributed by atoms with Crippen molar-refractivity contribution < 1.29 is 298 Å². The molecule has 0 bridgehead atoms. The van der Waals surface area contributed by atoms with Gasteiger partial charge in [-0.05, 0) is 0 Å². The Morgan fingerprint density at radius 2 is 0.211 bits per heavy atom. The fourth-order valence-corrected chi connectivity index (χ4v) is 0. The molecular weight excluding hydrogens is 1510 g/mol. The van der Waals surface area contributed by atoms with Gasteiger partial charge in [-0.15, -0.1) is 0 Å². The molecule has 0 atom stereocenters. The van der Waals surface area contributed by atoms with Gasteiger partial charge in [0.2, 0.25) is 0 Å². The minimum Gasteiger partial charge on any atom is 0 e. The van der Waals surface area contributed by atoms with Crippen molar-refractivity contribution >= 4 is 0 Å². The summed E-state index contributed by atoms with van der Waals surface area (Å²) in [4.78, 5) is 0. The maximum absolute atomic E-state index is 8.60. The van der Waals surface area contributed by atoms with Gasteiger partial charge >= 0.3 is 277 Å². The van der Waals surface area contributed by atoms with Crippen LogP contribution in [0.1, 0.15) is 0 Å². The Labute approximate surface area is 292 Å².